The van der Waals surface area contributed by atoms with Gasteiger partial charge in [0.25, 0.3) is 0 Å². The van der Waals surface area contributed by atoms with Gasteiger partial charge in [0.15, 0.2) is 0 Å². The van der Waals surface area contributed by atoms with Gasteiger partial charge in [0.1, 0.15) is 0 Å². The van der Waals surface area contributed by atoms with Gasteiger partial charge >= 0.3 is 0 Å². The van der Waals surface area contributed by atoms with Gasteiger partial charge in [-0.15, -0.1) is 0 Å². The highest BCUT2D eigenvalue weighted by molar-refractivity contribution is 4.89. The van der Waals surface area contributed by atoms with E-state index in [0.717, 1.165) is 6.04 Å². The molecule has 2 fully saturated rings. The number of nitrogens with zero attached hydrogens (tertiary/aromatic N) is 1. The molecular formula is C12H24N2. The van der Waals surface area contributed by atoms with Crippen molar-refractivity contribution in [2.45, 2.75) is 58.4 Å². The quantitative estimate of drug-likeness (QED) is 0.730. The molecule has 0 spiro atoms. The first kappa shape index (κ1) is 10.4. The minimum Gasteiger partial charge on any atom is -0.252 e. The maximum atomic E-state index is 3.74. The van der Waals surface area contributed by atoms with Crippen molar-refractivity contribution in [2.75, 3.05) is 13.1 Å². The molecule has 2 nitrogen and oxygen atoms in total. The first-order chi connectivity index (χ1) is 6.68. The lowest BCUT2D eigenvalue weighted by Gasteiger charge is -2.35. The van der Waals surface area contributed by atoms with Crippen LogP contribution in [0.5, 0.6) is 0 Å². The van der Waals surface area contributed by atoms with Crippen molar-refractivity contribution < 1.29 is 0 Å². The molecule has 1 aliphatic carbocycles. The zero-order valence-electron chi connectivity index (χ0n) is 9.68. The van der Waals surface area contributed by atoms with E-state index in [0.29, 0.717) is 5.41 Å². The highest BCUT2D eigenvalue weighted by Crippen LogP contribution is 2.37. The summed E-state index contributed by atoms with van der Waals surface area (Å²) < 4.78 is 0. The van der Waals surface area contributed by atoms with Crippen LogP contribution in [0.15, 0.2) is 0 Å². The average molecular weight is 196 g/mol. The summed E-state index contributed by atoms with van der Waals surface area (Å²) in [6, 6.07) is 0.723. The Morgan fingerprint density at radius 3 is 2.36 bits per heavy atom. The van der Waals surface area contributed by atoms with Gasteiger partial charge < -0.3 is 0 Å². The number of hydrogen-bond acceptors (Lipinski definition) is 2. The van der Waals surface area contributed by atoms with Crippen LogP contribution < -0.4 is 5.43 Å². The fraction of sp³-hybridized carbons (Fsp3) is 1.00. The highest BCUT2D eigenvalue weighted by Gasteiger charge is 2.35. The molecule has 1 aliphatic heterocycles. The van der Waals surface area contributed by atoms with Gasteiger partial charge in [-0.25, -0.2) is 5.01 Å². The minimum atomic E-state index is 0.511. The number of rotatable bonds is 2. The van der Waals surface area contributed by atoms with Crippen LogP contribution in [0.25, 0.3) is 0 Å². The molecule has 82 valence electrons. The van der Waals surface area contributed by atoms with Crippen LogP contribution in [0.4, 0.5) is 0 Å². The van der Waals surface area contributed by atoms with E-state index in [9.17, 15) is 0 Å². The van der Waals surface area contributed by atoms with Gasteiger partial charge in [0, 0.05) is 19.1 Å². The first-order valence-electron chi connectivity index (χ1n) is 6.20. The third kappa shape index (κ3) is 2.29. The van der Waals surface area contributed by atoms with Crippen LogP contribution in [0.1, 0.15) is 52.4 Å². The molecule has 14 heavy (non-hydrogen) atoms. The van der Waals surface area contributed by atoms with Crippen molar-refractivity contribution in [2.24, 2.45) is 5.41 Å². The predicted octanol–water partition coefficient (Wildman–Crippen LogP) is 2.56. The summed E-state index contributed by atoms with van der Waals surface area (Å²) in [5.41, 5.74) is 4.25. The van der Waals surface area contributed by atoms with E-state index < -0.39 is 0 Å². The molecule has 1 heterocycles. The second-order valence-electron chi connectivity index (χ2n) is 5.61. The van der Waals surface area contributed by atoms with Gasteiger partial charge in [0.2, 0.25) is 0 Å². The molecule has 2 rings (SSSR count). The summed E-state index contributed by atoms with van der Waals surface area (Å²) in [5.74, 6) is 0. The fourth-order valence-corrected chi connectivity index (χ4v) is 2.81. The van der Waals surface area contributed by atoms with Crippen molar-refractivity contribution >= 4 is 0 Å². The van der Waals surface area contributed by atoms with E-state index in [-0.39, 0.29) is 0 Å². The first-order valence-corrected chi connectivity index (χ1v) is 6.20. The minimum absolute atomic E-state index is 0.511. The molecule has 1 saturated heterocycles. The Morgan fingerprint density at radius 1 is 1.07 bits per heavy atom. The van der Waals surface area contributed by atoms with E-state index in [1.807, 2.05) is 0 Å². The molecule has 1 atom stereocenters. The number of piperidine rings is 1. The fourth-order valence-electron chi connectivity index (χ4n) is 2.81. The Balaban J connectivity index is 1.83. The van der Waals surface area contributed by atoms with Crippen LogP contribution >= 0.6 is 0 Å². The van der Waals surface area contributed by atoms with Crippen LogP contribution in [0.3, 0.4) is 0 Å². The molecule has 2 heteroatoms. The van der Waals surface area contributed by atoms with Crippen LogP contribution in [0, 0.1) is 5.41 Å². The maximum absolute atomic E-state index is 3.74. The Hall–Kier alpha value is -0.0800. The molecule has 1 unspecified atom stereocenters. The van der Waals surface area contributed by atoms with Gasteiger partial charge in [-0.1, -0.05) is 26.7 Å². The second kappa shape index (κ2) is 4.19. The van der Waals surface area contributed by atoms with Gasteiger partial charge in [-0.2, -0.15) is 0 Å². The zero-order chi connectivity index (χ0) is 10.0. The van der Waals surface area contributed by atoms with Crippen molar-refractivity contribution in [3.05, 3.63) is 0 Å². The summed E-state index contributed by atoms with van der Waals surface area (Å²) >= 11 is 0. The standard InChI is InChI=1S/C12H24N2/c1-12(2)8-6-7-11(12)13-14-9-4-3-5-10-14/h11,13H,3-10H2,1-2H3. The van der Waals surface area contributed by atoms with E-state index in [1.54, 1.807) is 0 Å². The molecule has 0 amide bonds. The van der Waals surface area contributed by atoms with E-state index in [1.165, 1.54) is 51.6 Å². The smallest absolute Gasteiger partial charge is 0.0266 e. The number of nitrogens with one attached hydrogen (secondary N) is 1. The highest BCUT2D eigenvalue weighted by atomic mass is 15.5. The van der Waals surface area contributed by atoms with Crippen LogP contribution in [-0.4, -0.2) is 24.1 Å². The Bertz CT molecular complexity index is 183. The molecule has 1 saturated carbocycles. The molecule has 0 aromatic carbocycles. The monoisotopic (exact) mass is 196 g/mol. The summed E-state index contributed by atoms with van der Waals surface area (Å²) in [7, 11) is 0. The maximum Gasteiger partial charge on any atom is 0.0266 e. The predicted molar refractivity (Wildman–Crippen MR) is 60.0 cm³/mol. The normalized spacial score (nSPS) is 33.4. The third-order valence-electron chi connectivity index (χ3n) is 3.95. The summed E-state index contributed by atoms with van der Waals surface area (Å²) in [6.07, 6.45) is 8.33. The van der Waals surface area contributed by atoms with Crippen LogP contribution in [-0.2, 0) is 0 Å². The van der Waals surface area contributed by atoms with Crippen molar-refractivity contribution in [3.63, 3.8) is 0 Å². The Labute approximate surface area is 88.0 Å². The Morgan fingerprint density at radius 2 is 1.79 bits per heavy atom. The largest absolute Gasteiger partial charge is 0.252 e. The van der Waals surface area contributed by atoms with Gasteiger partial charge in [-0.05, 0) is 31.1 Å². The molecule has 0 radical (unpaired) electrons. The number of hydrazine groups is 1. The lowest BCUT2D eigenvalue weighted by molar-refractivity contribution is 0.0941. The number of hydrogen-bond donors (Lipinski definition) is 1. The van der Waals surface area contributed by atoms with Crippen molar-refractivity contribution in [1.82, 2.24) is 10.4 Å². The van der Waals surface area contributed by atoms with Crippen molar-refractivity contribution in [3.8, 4) is 0 Å². The van der Waals surface area contributed by atoms with Crippen LogP contribution in [0.2, 0.25) is 0 Å². The lowest BCUT2D eigenvalue weighted by atomic mass is 9.88. The SMILES string of the molecule is CC1(C)CCCC1NN1CCCCC1. The summed E-state index contributed by atoms with van der Waals surface area (Å²) in [5, 5.41) is 2.46. The van der Waals surface area contributed by atoms with Gasteiger partial charge in [0.05, 0.1) is 0 Å². The summed E-state index contributed by atoms with van der Waals surface area (Å²) in [6.45, 7) is 7.32. The average Bonchev–Trinajstić information content (AvgIpc) is 2.48. The lowest BCUT2D eigenvalue weighted by Crippen LogP contribution is -2.50. The molecule has 0 aromatic heterocycles. The van der Waals surface area contributed by atoms with E-state index in [4.69, 9.17) is 0 Å². The molecule has 0 aromatic rings. The molecule has 1 N–H and O–H groups in total. The zero-order valence-corrected chi connectivity index (χ0v) is 9.68. The molecular weight excluding hydrogens is 172 g/mol. The van der Waals surface area contributed by atoms with Crippen molar-refractivity contribution in [1.29, 1.82) is 0 Å². The third-order valence-corrected chi connectivity index (χ3v) is 3.95. The molecule has 2 aliphatic rings. The molecule has 0 bridgehead atoms. The Kier molecular flexibility index (Phi) is 3.13. The van der Waals surface area contributed by atoms with E-state index >= 15 is 0 Å². The van der Waals surface area contributed by atoms with E-state index in [2.05, 4.69) is 24.3 Å². The van der Waals surface area contributed by atoms with Gasteiger partial charge in [-0.3, -0.25) is 5.43 Å². The topological polar surface area (TPSA) is 15.3 Å². The second-order valence-corrected chi connectivity index (χ2v) is 5.61. The summed E-state index contributed by atoms with van der Waals surface area (Å²) in [4.78, 5) is 0.